The third-order valence-electron chi connectivity index (χ3n) is 5.03. The molecule has 4 rings (SSSR count). The Morgan fingerprint density at radius 2 is 2.04 bits per heavy atom. The van der Waals surface area contributed by atoms with Crippen LogP contribution in [-0.2, 0) is 10.0 Å². The van der Waals surface area contributed by atoms with Gasteiger partial charge in [-0.05, 0) is 37.1 Å². The largest absolute Gasteiger partial charge is 0.365 e. The summed E-state index contributed by atoms with van der Waals surface area (Å²) in [5.41, 5.74) is 1.96. The van der Waals surface area contributed by atoms with Crippen LogP contribution in [0.2, 0.25) is 0 Å². The van der Waals surface area contributed by atoms with Crippen LogP contribution in [0.3, 0.4) is 0 Å². The van der Waals surface area contributed by atoms with E-state index in [1.165, 1.54) is 12.1 Å². The van der Waals surface area contributed by atoms with Gasteiger partial charge < -0.3 is 9.88 Å². The second-order valence-electron chi connectivity index (χ2n) is 6.88. The lowest BCUT2D eigenvalue weighted by atomic mass is 9.96. The molecule has 2 heterocycles. The average Bonchev–Trinajstić information content (AvgIpc) is 3.11. The van der Waals surface area contributed by atoms with Crippen LogP contribution in [0.15, 0.2) is 47.4 Å². The molecule has 146 valence electrons. The Morgan fingerprint density at radius 3 is 2.75 bits per heavy atom. The third kappa shape index (κ3) is 3.43. The van der Waals surface area contributed by atoms with Gasteiger partial charge in [0.05, 0.1) is 20.9 Å². The molecule has 1 aromatic heterocycles. The number of rotatable bonds is 4. The number of primary sulfonamides is 1. The number of hydrogen-bond acceptors (Lipinski definition) is 6. The maximum Gasteiger partial charge on any atom is 0.293 e. The Labute approximate surface area is 161 Å². The van der Waals surface area contributed by atoms with Crippen LogP contribution >= 0.6 is 0 Å². The van der Waals surface area contributed by atoms with Crippen LogP contribution < -0.4 is 10.0 Å². The minimum absolute atomic E-state index is 0.0960. The molecule has 0 aliphatic carbocycles. The summed E-state index contributed by atoms with van der Waals surface area (Å²) < 4.78 is 23.1. The van der Waals surface area contributed by atoms with Crippen LogP contribution in [0.5, 0.6) is 0 Å². The maximum atomic E-state index is 11.5. The molecule has 3 aromatic rings. The van der Waals surface area contributed by atoms with Gasteiger partial charge in [-0.25, -0.2) is 18.5 Å². The topological polar surface area (TPSA) is 135 Å². The number of imidazole rings is 1. The number of benzene rings is 2. The van der Waals surface area contributed by atoms with E-state index in [0.717, 1.165) is 35.8 Å². The molecule has 28 heavy (non-hydrogen) atoms. The number of H-pyrrole nitrogens is 1. The Hall–Kier alpha value is -2.98. The van der Waals surface area contributed by atoms with Crippen molar-refractivity contribution in [2.75, 3.05) is 18.0 Å². The van der Waals surface area contributed by atoms with Gasteiger partial charge in [-0.3, -0.25) is 10.1 Å². The molecule has 1 fully saturated rings. The molecule has 1 unspecified atom stereocenters. The van der Waals surface area contributed by atoms with Gasteiger partial charge in [0.1, 0.15) is 11.5 Å². The smallest absolute Gasteiger partial charge is 0.293 e. The van der Waals surface area contributed by atoms with Gasteiger partial charge in [0.2, 0.25) is 10.0 Å². The van der Waals surface area contributed by atoms with Gasteiger partial charge in [0, 0.05) is 25.1 Å². The third-order valence-corrected chi connectivity index (χ3v) is 5.94. The summed E-state index contributed by atoms with van der Waals surface area (Å²) in [5, 5.41) is 16.7. The van der Waals surface area contributed by atoms with Gasteiger partial charge in [-0.15, -0.1) is 0 Å². The normalized spacial score (nSPS) is 17.8. The number of nitrogens with zero attached hydrogens (tertiary/aromatic N) is 3. The fourth-order valence-electron chi connectivity index (χ4n) is 3.68. The minimum Gasteiger partial charge on any atom is -0.365 e. The molecule has 10 heteroatoms. The first-order valence-electron chi connectivity index (χ1n) is 8.84. The molecule has 9 nitrogen and oxygen atoms in total. The van der Waals surface area contributed by atoms with E-state index in [1.54, 1.807) is 0 Å². The molecule has 0 radical (unpaired) electrons. The second kappa shape index (κ2) is 6.88. The second-order valence-corrected chi connectivity index (χ2v) is 8.44. The Bertz CT molecular complexity index is 1120. The number of anilines is 1. The van der Waals surface area contributed by atoms with E-state index in [2.05, 4.69) is 9.97 Å². The number of aromatic nitrogens is 2. The molecular weight excluding hydrogens is 382 g/mol. The molecule has 1 aliphatic heterocycles. The van der Waals surface area contributed by atoms with Crippen molar-refractivity contribution in [3.63, 3.8) is 0 Å². The molecule has 0 saturated carbocycles. The highest BCUT2D eigenvalue weighted by molar-refractivity contribution is 7.89. The van der Waals surface area contributed by atoms with E-state index in [-0.39, 0.29) is 16.5 Å². The first-order valence-corrected chi connectivity index (χ1v) is 10.4. The molecule has 1 atom stereocenters. The number of aromatic amines is 1. The predicted octanol–water partition coefficient (Wildman–Crippen LogP) is 2.50. The molecule has 1 saturated heterocycles. The van der Waals surface area contributed by atoms with Crippen molar-refractivity contribution in [1.29, 1.82) is 0 Å². The SMILES string of the molecule is NS(=O)(=O)c1ccc(N2CCCC(c3nc4ccccc4[nH]3)C2)c([N+](=O)[O-])c1. The van der Waals surface area contributed by atoms with Gasteiger partial charge in [-0.1, -0.05) is 12.1 Å². The fourth-order valence-corrected chi connectivity index (χ4v) is 4.21. The van der Waals surface area contributed by atoms with E-state index < -0.39 is 14.9 Å². The van der Waals surface area contributed by atoms with Crippen molar-refractivity contribution < 1.29 is 13.3 Å². The van der Waals surface area contributed by atoms with E-state index in [9.17, 15) is 18.5 Å². The van der Waals surface area contributed by atoms with Crippen LogP contribution in [0.4, 0.5) is 11.4 Å². The molecule has 0 bridgehead atoms. The Balaban J connectivity index is 1.66. The number of piperidine rings is 1. The van der Waals surface area contributed by atoms with Crippen molar-refractivity contribution in [2.24, 2.45) is 5.14 Å². The molecular formula is C18H19N5O4S. The summed E-state index contributed by atoms with van der Waals surface area (Å²) in [4.78, 5) is 20.6. The number of para-hydroxylation sites is 2. The quantitative estimate of drug-likeness (QED) is 0.509. The predicted molar refractivity (Wildman–Crippen MR) is 105 cm³/mol. The number of nitrogens with two attached hydrogens (primary N) is 1. The van der Waals surface area contributed by atoms with Gasteiger partial charge in [0.15, 0.2) is 0 Å². The first kappa shape index (κ1) is 18.4. The highest BCUT2D eigenvalue weighted by Crippen LogP contribution is 2.35. The molecule has 0 spiro atoms. The fraction of sp³-hybridized carbons (Fsp3) is 0.278. The summed E-state index contributed by atoms with van der Waals surface area (Å²) in [5.74, 6) is 0.952. The highest BCUT2D eigenvalue weighted by atomic mass is 32.2. The van der Waals surface area contributed by atoms with Gasteiger partial charge >= 0.3 is 0 Å². The van der Waals surface area contributed by atoms with E-state index >= 15 is 0 Å². The lowest BCUT2D eigenvalue weighted by molar-refractivity contribution is -0.384. The Kier molecular flexibility index (Phi) is 4.52. The van der Waals surface area contributed by atoms with Gasteiger partial charge in [0.25, 0.3) is 5.69 Å². The zero-order chi connectivity index (χ0) is 19.9. The van der Waals surface area contributed by atoms with Crippen molar-refractivity contribution in [2.45, 2.75) is 23.7 Å². The minimum atomic E-state index is -4.01. The van der Waals surface area contributed by atoms with Gasteiger partial charge in [-0.2, -0.15) is 0 Å². The summed E-state index contributed by atoms with van der Waals surface area (Å²) in [7, 11) is -4.01. The number of nitro benzene ring substituents is 1. The van der Waals surface area contributed by atoms with Crippen molar-refractivity contribution >= 4 is 32.4 Å². The first-order chi connectivity index (χ1) is 13.3. The average molecular weight is 401 g/mol. The monoisotopic (exact) mass is 401 g/mol. The van der Waals surface area contributed by atoms with Crippen LogP contribution in [-0.4, -0.2) is 36.4 Å². The number of sulfonamides is 1. The molecule has 0 amide bonds. The summed E-state index contributed by atoms with van der Waals surface area (Å²) in [6.45, 7) is 1.20. The van der Waals surface area contributed by atoms with Crippen molar-refractivity contribution in [3.8, 4) is 0 Å². The van der Waals surface area contributed by atoms with E-state index in [4.69, 9.17) is 5.14 Å². The Morgan fingerprint density at radius 1 is 1.25 bits per heavy atom. The van der Waals surface area contributed by atoms with Crippen LogP contribution in [0.25, 0.3) is 11.0 Å². The highest BCUT2D eigenvalue weighted by Gasteiger charge is 2.29. The van der Waals surface area contributed by atoms with Crippen LogP contribution in [0, 0.1) is 10.1 Å². The zero-order valence-electron chi connectivity index (χ0n) is 14.9. The lowest BCUT2D eigenvalue weighted by Gasteiger charge is -2.33. The number of nitro groups is 1. The van der Waals surface area contributed by atoms with Crippen molar-refractivity contribution in [3.05, 3.63) is 58.4 Å². The van der Waals surface area contributed by atoms with E-state index in [0.29, 0.717) is 18.8 Å². The lowest BCUT2D eigenvalue weighted by Crippen LogP contribution is -2.35. The molecule has 2 aromatic carbocycles. The number of nitrogens with one attached hydrogen (secondary N) is 1. The summed E-state index contributed by atoms with van der Waals surface area (Å²) in [6.07, 6.45) is 1.76. The summed E-state index contributed by atoms with van der Waals surface area (Å²) in [6, 6.07) is 11.6. The van der Waals surface area contributed by atoms with E-state index in [1.807, 2.05) is 29.2 Å². The zero-order valence-corrected chi connectivity index (χ0v) is 15.7. The molecule has 3 N–H and O–H groups in total. The standard InChI is InChI=1S/C18H19N5O4S/c19-28(26,27)13-7-8-16(17(10-13)23(24)25)22-9-3-4-12(11-22)18-20-14-5-1-2-6-15(14)21-18/h1-2,5-8,10,12H,3-4,9,11H2,(H,20,21)(H2,19,26,27). The summed E-state index contributed by atoms with van der Waals surface area (Å²) >= 11 is 0. The van der Waals surface area contributed by atoms with Crippen LogP contribution in [0.1, 0.15) is 24.6 Å². The molecule has 1 aliphatic rings. The number of hydrogen-bond donors (Lipinski definition) is 2. The van der Waals surface area contributed by atoms with Crippen molar-refractivity contribution in [1.82, 2.24) is 9.97 Å². The maximum absolute atomic E-state index is 11.5. The number of fused-ring (bicyclic) bond motifs is 1.